The summed E-state index contributed by atoms with van der Waals surface area (Å²) in [6, 6.07) is 15.0. The van der Waals surface area contributed by atoms with Crippen LogP contribution < -0.4 is 5.32 Å². The summed E-state index contributed by atoms with van der Waals surface area (Å²) in [6.07, 6.45) is 5.75. The molecule has 1 aliphatic carbocycles. The number of nitrogens with zero attached hydrogens (tertiary/aromatic N) is 5. The second-order valence-electron chi connectivity index (χ2n) is 7.75. The summed E-state index contributed by atoms with van der Waals surface area (Å²) in [6.45, 7) is 2.33. The number of amides is 1. The zero-order valence-electron chi connectivity index (χ0n) is 17.1. The molecule has 156 valence electrons. The summed E-state index contributed by atoms with van der Waals surface area (Å²) >= 11 is 0. The lowest BCUT2D eigenvalue weighted by Crippen LogP contribution is -2.29. The molecule has 1 aliphatic rings. The molecule has 1 atom stereocenters. The van der Waals surface area contributed by atoms with Crippen LogP contribution in [0.4, 0.5) is 0 Å². The maximum Gasteiger partial charge on any atom is 0.270 e. The van der Waals surface area contributed by atoms with Gasteiger partial charge in [0.1, 0.15) is 11.7 Å². The predicted octanol–water partition coefficient (Wildman–Crippen LogP) is 3.74. The lowest BCUT2D eigenvalue weighted by Gasteiger charge is -2.11. The van der Waals surface area contributed by atoms with Gasteiger partial charge in [0.2, 0.25) is 11.7 Å². The number of rotatable bonds is 7. The molecule has 1 aromatic carbocycles. The molecule has 0 aliphatic heterocycles. The van der Waals surface area contributed by atoms with Crippen molar-refractivity contribution in [2.24, 2.45) is 0 Å². The average molecular weight is 414 g/mol. The van der Waals surface area contributed by atoms with E-state index in [1.54, 1.807) is 23.1 Å². The van der Waals surface area contributed by atoms with Gasteiger partial charge in [0, 0.05) is 29.6 Å². The number of aromatic nitrogens is 5. The Morgan fingerprint density at radius 3 is 2.84 bits per heavy atom. The number of carbonyl (C=O) groups is 1. The van der Waals surface area contributed by atoms with E-state index in [4.69, 9.17) is 4.52 Å². The van der Waals surface area contributed by atoms with Crippen LogP contribution in [0.5, 0.6) is 0 Å². The molecule has 8 nitrogen and oxygen atoms in total. The van der Waals surface area contributed by atoms with Gasteiger partial charge in [-0.2, -0.15) is 10.1 Å². The number of hydrogen-bond donors (Lipinski definition) is 1. The van der Waals surface area contributed by atoms with Gasteiger partial charge in [-0.25, -0.2) is 0 Å². The van der Waals surface area contributed by atoms with E-state index in [2.05, 4.69) is 25.5 Å². The fraction of sp³-hybridized carbons (Fsp3) is 0.261. The average Bonchev–Trinajstić information content (AvgIpc) is 3.34. The van der Waals surface area contributed by atoms with Gasteiger partial charge in [-0.1, -0.05) is 35.5 Å². The molecule has 3 heterocycles. The molecule has 3 aromatic heterocycles. The summed E-state index contributed by atoms with van der Waals surface area (Å²) < 4.78 is 7.10. The van der Waals surface area contributed by atoms with Gasteiger partial charge < -0.3 is 9.84 Å². The predicted molar refractivity (Wildman–Crippen MR) is 113 cm³/mol. The normalized spacial score (nSPS) is 14.4. The van der Waals surface area contributed by atoms with Crippen LogP contribution in [0.15, 0.2) is 65.4 Å². The summed E-state index contributed by atoms with van der Waals surface area (Å²) in [5, 5.41) is 11.3. The molecule has 1 unspecified atom stereocenters. The molecule has 0 saturated heterocycles. The molecule has 5 rings (SSSR count). The fourth-order valence-electron chi connectivity index (χ4n) is 3.46. The van der Waals surface area contributed by atoms with Crippen LogP contribution in [0.2, 0.25) is 0 Å². The number of nitrogens with one attached hydrogen (secondary N) is 1. The van der Waals surface area contributed by atoms with E-state index in [1.807, 2.05) is 49.4 Å². The highest BCUT2D eigenvalue weighted by Crippen LogP contribution is 2.39. The third-order valence-electron chi connectivity index (χ3n) is 5.32. The topological polar surface area (TPSA) is 98.7 Å². The number of pyridine rings is 1. The van der Waals surface area contributed by atoms with Crippen LogP contribution in [0.25, 0.3) is 11.4 Å². The Morgan fingerprint density at radius 1 is 1.19 bits per heavy atom. The Hall–Kier alpha value is -3.81. The van der Waals surface area contributed by atoms with Crippen molar-refractivity contribution in [1.82, 2.24) is 30.2 Å². The van der Waals surface area contributed by atoms with Crippen LogP contribution in [0, 0.1) is 0 Å². The fourth-order valence-corrected chi connectivity index (χ4v) is 3.46. The van der Waals surface area contributed by atoms with Crippen LogP contribution in [0.3, 0.4) is 0 Å². The maximum atomic E-state index is 12.8. The van der Waals surface area contributed by atoms with Crippen molar-refractivity contribution in [2.45, 2.75) is 38.3 Å². The first-order valence-electron chi connectivity index (χ1n) is 10.3. The smallest absolute Gasteiger partial charge is 0.270 e. The van der Waals surface area contributed by atoms with Gasteiger partial charge in [0.25, 0.3) is 5.91 Å². The monoisotopic (exact) mass is 414 g/mol. The van der Waals surface area contributed by atoms with Gasteiger partial charge in [0.05, 0.1) is 6.54 Å². The zero-order valence-corrected chi connectivity index (χ0v) is 17.1. The minimum absolute atomic E-state index is 0.249. The Bertz CT molecular complexity index is 1200. The second kappa shape index (κ2) is 8.14. The van der Waals surface area contributed by atoms with E-state index in [9.17, 15) is 4.79 Å². The molecule has 0 bridgehead atoms. The minimum Gasteiger partial charge on any atom is -0.339 e. The molecule has 1 N–H and O–H groups in total. The van der Waals surface area contributed by atoms with Crippen LogP contribution >= 0.6 is 0 Å². The summed E-state index contributed by atoms with van der Waals surface area (Å²) in [7, 11) is 0. The van der Waals surface area contributed by atoms with E-state index >= 15 is 0 Å². The second-order valence-corrected chi connectivity index (χ2v) is 7.75. The van der Waals surface area contributed by atoms with E-state index in [0.29, 0.717) is 29.9 Å². The molecule has 0 spiro atoms. The molecule has 1 amide bonds. The maximum absolute atomic E-state index is 12.8. The molecule has 4 aromatic rings. The number of benzene rings is 1. The highest BCUT2D eigenvalue weighted by Gasteiger charge is 2.26. The summed E-state index contributed by atoms with van der Waals surface area (Å²) in [4.78, 5) is 21.7. The van der Waals surface area contributed by atoms with Gasteiger partial charge >= 0.3 is 0 Å². The van der Waals surface area contributed by atoms with Crippen molar-refractivity contribution >= 4 is 5.91 Å². The first-order valence-corrected chi connectivity index (χ1v) is 10.3. The van der Waals surface area contributed by atoms with Crippen molar-refractivity contribution < 1.29 is 9.32 Å². The van der Waals surface area contributed by atoms with Gasteiger partial charge in [-0.05, 0) is 43.5 Å². The Labute approximate surface area is 179 Å². The van der Waals surface area contributed by atoms with E-state index in [-0.39, 0.29) is 5.91 Å². The lowest BCUT2D eigenvalue weighted by atomic mass is 10.2. The van der Waals surface area contributed by atoms with E-state index in [0.717, 1.165) is 16.8 Å². The van der Waals surface area contributed by atoms with Crippen LogP contribution in [0.1, 0.15) is 59.4 Å². The Morgan fingerprint density at radius 2 is 2.03 bits per heavy atom. The Balaban J connectivity index is 1.28. The molecular formula is C23H22N6O2. The SMILES string of the molecule is CC(NC(=O)c1ccnn1Cc1ccccc1)c1nc(-c2ccnc(C3CC3)c2)no1. The van der Waals surface area contributed by atoms with Gasteiger partial charge in [-0.15, -0.1) is 0 Å². The third-order valence-corrected chi connectivity index (χ3v) is 5.32. The Kier molecular flexibility index (Phi) is 5.03. The molecule has 1 fully saturated rings. The molecule has 8 heteroatoms. The molecule has 0 radical (unpaired) electrons. The largest absolute Gasteiger partial charge is 0.339 e. The van der Waals surface area contributed by atoms with Gasteiger partial charge in [0.15, 0.2) is 0 Å². The van der Waals surface area contributed by atoms with Crippen LogP contribution in [-0.2, 0) is 6.54 Å². The number of carbonyl (C=O) groups excluding carboxylic acids is 1. The minimum atomic E-state index is -0.446. The van der Waals surface area contributed by atoms with Crippen molar-refractivity contribution in [3.05, 3.63) is 83.8 Å². The number of hydrogen-bond acceptors (Lipinski definition) is 6. The quantitative estimate of drug-likeness (QED) is 0.495. The van der Waals surface area contributed by atoms with Crippen molar-refractivity contribution in [3.8, 4) is 11.4 Å². The zero-order chi connectivity index (χ0) is 21.2. The first-order chi connectivity index (χ1) is 15.2. The first kappa shape index (κ1) is 19.2. The van der Waals surface area contributed by atoms with Crippen molar-refractivity contribution in [2.75, 3.05) is 0 Å². The van der Waals surface area contributed by atoms with Crippen LogP contribution in [-0.4, -0.2) is 30.8 Å². The summed E-state index contributed by atoms with van der Waals surface area (Å²) in [5.74, 6) is 1.14. The van der Waals surface area contributed by atoms with E-state index < -0.39 is 6.04 Å². The van der Waals surface area contributed by atoms with Crippen molar-refractivity contribution in [3.63, 3.8) is 0 Å². The van der Waals surface area contributed by atoms with Crippen molar-refractivity contribution in [1.29, 1.82) is 0 Å². The molecule has 31 heavy (non-hydrogen) atoms. The van der Waals surface area contributed by atoms with Gasteiger partial charge in [-0.3, -0.25) is 14.5 Å². The standard InChI is InChI=1S/C23H22N6O2/c1-15(23-27-21(28-31-23)18-9-11-24-19(13-18)17-7-8-17)26-22(30)20-10-12-25-29(20)14-16-5-3-2-4-6-16/h2-6,9-13,15,17H,7-8,14H2,1H3,(H,26,30). The molecule has 1 saturated carbocycles. The molecular weight excluding hydrogens is 392 g/mol. The highest BCUT2D eigenvalue weighted by molar-refractivity contribution is 5.92. The third kappa shape index (κ3) is 4.23. The lowest BCUT2D eigenvalue weighted by molar-refractivity contribution is 0.0922. The highest BCUT2D eigenvalue weighted by atomic mass is 16.5. The van der Waals surface area contributed by atoms with E-state index in [1.165, 1.54) is 12.8 Å². The summed E-state index contributed by atoms with van der Waals surface area (Å²) in [5.41, 5.74) is 3.47.